The summed E-state index contributed by atoms with van der Waals surface area (Å²) >= 11 is 0. The minimum Gasteiger partial charge on any atom is -0.469 e. The first-order valence-electron chi connectivity index (χ1n) is 9.24. The van der Waals surface area contributed by atoms with Gasteiger partial charge in [-0.2, -0.15) is 0 Å². The van der Waals surface area contributed by atoms with Gasteiger partial charge in [-0.1, -0.05) is 12.8 Å². The molecule has 1 saturated carbocycles. The highest BCUT2D eigenvalue weighted by atomic mass is 16.5. The smallest absolute Gasteiger partial charge is 0.318 e. The Morgan fingerprint density at radius 1 is 1.16 bits per heavy atom. The Morgan fingerprint density at radius 3 is 2.72 bits per heavy atom. The van der Waals surface area contributed by atoms with Gasteiger partial charge in [0.25, 0.3) is 0 Å². The molecule has 2 amide bonds. The van der Waals surface area contributed by atoms with Crippen LogP contribution in [-0.2, 0) is 9.53 Å². The second-order valence-corrected chi connectivity index (χ2v) is 7.02. The molecule has 1 aromatic rings. The van der Waals surface area contributed by atoms with Crippen molar-refractivity contribution in [2.45, 2.75) is 57.0 Å². The summed E-state index contributed by atoms with van der Waals surface area (Å²) in [6, 6.07) is 4.14. The fourth-order valence-corrected chi connectivity index (χ4v) is 4.03. The van der Waals surface area contributed by atoms with E-state index in [1.807, 2.05) is 17.0 Å². The zero-order valence-electron chi connectivity index (χ0n) is 14.8. The summed E-state index contributed by atoms with van der Waals surface area (Å²) in [4.78, 5) is 30.7. The van der Waals surface area contributed by atoms with Gasteiger partial charge in [-0.3, -0.25) is 9.78 Å². The normalized spacial score (nSPS) is 26.8. The Hall–Kier alpha value is -2.11. The standard InChI is InChI=1S/C19H27N3O3/c1-25-18(23)15-6-7-16(13-15)21-19(24)22-12-4-2-3-5-17(22)14-8-10-20-11-9-14/h8-11,15-17H,2-7,12-13H2,1H3,(H,21,24)/t15-,16+,17+/m0/s1. The predicted octanol–water partition coefficient (Wildman–Crippen LogP) is 3.05. The molecule has 25 heavy (non-hydrogen) atoms. The number of carbonyl (C=O) groups excluding carboxylic acids is 2. The molecule has 3 rings (SSSR count). The van der Waals surface area contributed by atoms with Gasteiger partial charge in [0.15, 0.2) is 0 Å². The maximum absolute atomic E-state index is 12.9. The van der Waals surface area contributed by atoms with Crippen LogP contribution in [0.5, 0.6) is 0 Å². The van der Waals surface area contributed by atoms with Crippen LogP contribution in [0, 0.1) is 5.92 Å². The minimum absolute atomic E-state index is 0.0146. The van der Waals surface area contributed by atoms with E-state index in [9.17, 15) is 9.59 Å². The number of ether oxygens (including phenoxy) is 1. The number of nitrogens with one attached hydrogen (secondary N) is 1. The van der Waals surface area contributed by atoms with Crippen molar-refractivity contribution in [3.8, 4) is 0 Å². The summed E-state index contributed by atoms with van der Waals surface area (Å²) in [5, 5.41) is 3.15. The van der Waals surface area contributed by atoms with Crippen LogP contribution in [0.15, 0.2) is 24.5 Å². The van der Waals surface area contributed by atoms with Crippen molar-refractivity contribution in [1.29, 1.82) is 0 Å². The van der Waals surface area contributed by atoms with E-state index in [4.69, 9.17) is 4.74 Å². The lowest BCUT2D eigenvalue weighted by Crippen LogP contribution is -2.45. The number of amides is 2. The topological polar surface area (TPSA) is 71.5 Å². The number of pyridine rings is 1. The van der Waals surface area contributed by atoms with Crippen LogP contribution < -0.4 is 5.32 Å². The summed E-state index contributed by atoms with van der Waals surface area (Å²) in [5.74, 6) is -0.253. The molecular weight excluding hydrogens is 318 g/mol. The molecule has 0 aromatic carbocycles. The molecule has 3 atom stereocenters. The number of methoxy groups -OCH3 is 1. The third-order valence-corrected chi connectivity index (χ3v) is 5.40. The Kier molecular flexibility index (Phi) is 5.89. The van der Waals surface area contributed by atoms with E-state index < -0.39 is 0 Å². The van der Waals surface area contributed by atoms with E-state index in [0.29, 0.717) is 6.42 Å². The minimum atomic E-state index is -0.166. The van der Waals surface area contributed by atoms with Crippen LogP contribution in [0.1, 0.15) is 56.6 Å². The van der Waals surface area contributed by atoms with Gasteiger partial charge < -0.3 is 15.0 Å². The van der Waals surface area contributed by atoms with Crippen molar-refractivity contribution >= 4 is 12.0 Å². The number of esters is 1. The number of hydrogen-bond acceptors (Lipinski definition) is 4. The Bertz CT molecular complexity index is 593. The number of hydrogen-bond donors (Lipinski definition) is 1. The lowest BCUT2D eigenvalue weighted by atomic mass is 10.0. The molecule has 1 aliphatic carbocycles. The molecule has 0 bridgehead atoms. The van der Waals surface area contributed by atoms with Crippen LogP contribution in [0.4, 0.5) is 4.79 Å². The molecule has 136 valence electrons. The lowest BCUT2D eigenvalue weighted by Gasteiger charge is -2.31. The molecule has 2 heterocycles. The Labute approximate surface area is 148 Å². The molecule has 1 saturated heterocycles. The van der Waals surface area contributed by atoms with Gasteiger partial charge in [0.05, 0.1) is 19.1 Å². The fourth-order valence-electron chi connectivity index (χ4n) is 4.03. The molecule has 1 aromatic heterocycles. The van der Waals surface area contributed by atoms with Crippen molar-refractivity contribution in [2.24, 2.45) is 5.92 Å². The first-order valence-corrected chi connectivity index (χ1v) is 9.24. The molecule has 0 spiro atoms. The van der Waals surface area contributed by atoms with E-state index >= 15 is 0 Å². The van der Waals surface area contributed by atoms with E-state index in [1.54, 1.807) is 12.4 Å². The molecular formula is C19H27N3O3. The van der Waals surface area contributed by atoms with Gasteiger partial charge in [-0.15, -0.1) is 0 Å². The number of rotatable bonds is 3. The zero-order chi connectivity index (χ0) is 17.6. The Morgan fingerprint density at radius 2 is 1.96 bits per heavy atom. The van der Waals surface area contributed by atoms with Crippen LogP contribution in [0.25, 0.3) is 0 Å². The molecule has 1 aliphatic heterocycles. The summed E-state index contributed by atoms with van der Waals surface area (Å²) in [5.41, 5.74) is 1.14. The molecule has 1 N–H and O–H groups in total. The summed E-state index contributed by atoms with van der Waals surface area (Å²) in [7, 11) is 1.42. The average molecular weight is 345 g/mol. The van der Waals surface area contributed by atoms with Gasteiger partial charge in [-0.25, -0.2) is 4.79 Å². The van der Waals surface area contributed by atoms with Crippen molar-refractivity contribution in [1.82, 2.24) is 15.2 Å². The van der Waals surface area contributed by atoms with Crippen LogP contribution in [0.2, 0.25) is 0 Å². The highest BCUT2D eigenvalue weighted by Crippen LogP contribution is 2.31. The van der Waals surface area contributed by atoms with Gasteiger partial charge in [0.1, 0.15) is 0 Å². The number of carbonyl (C=O) groups is 2. The number of nitrogens with zero attached hydrogens (tertiary/aromatic N) is 2. The van der Waals surface area contributed by atoms with Crippen LogP contribution in [-0.4, -0.2) is 41.6 Å². The molecule has 0 radical (unpaired) electrons. The number of aromatic nitrogens is 1. The van der Waals surface area contributed by atoms with E-state index in [-0.39, 0.29) is 30.0 Å². The van der Waals surface area contributed by atoms with Gasteiger partial charge in [0.2, 0.25) is 0 Å². The average Bonchev–Trinajstić information content (AvgIpc) is 2.96. The maximum Gasteiger partial charge on any atom is 0.318 e. The van der Waals surface area contributed by atoms with Crippen LogP contribution >= 0.6 is 0 Å². The van der Waals surface area contributed by atoms with Crippen molar-refractivity contribution in [3.05, 3.63) is 30.1 Å². The van der Waals surface area contributed by atoms with Crippen molar-refractivity contribution in [2.75, 3.05) is 13.7 Å². The number of likely N-dealkylation sites (tertiary alicyclic amines) is 1. The molecule has 0 unspecified atom stereocenters. The van der Waals surface area contributed by atoms with Gasteiger partial charge >= 0.3 is 12.0 Å². The van der Waals surface area contributed by atoms with Gasteiger partial charge in [-0.05, 0) is 49.8 Å². The highest BCUT2D eigenvalue weighted by molar-refractivity contribution is 5.76. The van der Waals surface area contributed by atoms with E-state index in [0.717, 1.165) is 50.6 Å². The second kappa shape index (κ2) is 8.32. The molecule has 2 fully saturated rings. The maximum atomic E-state index is 12.9. The predicted molar refractivity (Wildman–Crippen MR) is 93.8 cm³/mol. The lowest BCUT2D eigenvalue weighted by molar-refractivity contribution is -0.145. The summed E-state index contributed by atoms with van der Waals surface area (Å²) < 4.78 is 4.83. The second-order valence-electron chi connectivity index (χ2n) is 7.02. The SMILES string of the molecule is COC(=O)[C@H]1CC[C@@H](NC(=O)N2CCCCC[C@@H]2c2ccncc2)C1. The van der Waals surface area contributed by atoms with Crippen molar-refractivity contribution < 1.29 is 14.3 Å². The van der Waals surface area contributed by atoms with Gasteiger partial charge in [0, 0.05) is 25.0 Å². The first kappa shape index (κ1) is 17.7. The summed E-state index contributed by atoms with van der Waals surface area (Å²) in [6.07, 6.45) is 10.2. The largest absolute Gasteiger partial charge is 0.469 e. The van der Waals surface area contributed by atoms with Crippen molar-refractivity contribution in [3.63, 3.8) is 0 Å². The monoisotopic (exact) mass is 345 g/mol. The molecule has 2 aliphatic rings. The third-order valence-electron chi connectivity index (χ3n) is 5.40. The molecule has 6 nitrogen and oxygen atoms in total. The first-order chi connectivity index (χ1) is 12.2. The van der Waals surface area contributed by atoms with E-state index in [1.165, 1.54) is 7.11 Å². The highest BCUT2D eigenvalue weighted by Gasteiger charge is 2.34. The van der Waals surface area contributed by atoms with Crippen LogP contribution in [0.3, 0.4) is 0 Å². The molecule has 6 heteroatoms. The quantitative estimate of drug-likeness (QED) is 0.855. The number of urea groups is 1. The summed E-state index contributed by atoms with van der Waals surface area (Å²) in [6.45, 7) is 0.770. The van der Waals surface area contributed by atoms with E-state index in [2.05, 4.69) is 10.3 Å². The fraction of sp³-hybridized carbons (Fsp3) is 0.632. The Balaban J connectivity index is 1.65. The third kappa shape index (κ3) is 4.30. The zero-order valence-corrected chi connectivity index (χ0v) is 14.8.